The molecule has 30 heavy (non-hydrogen) atoms. The van der Waals surface area contributed by atoms with E-state index in [1.165, 1.54) is 11.3 Å². The first-order chi connectivity index (χ1) is 14.5. The van der Waals surface area contributed by atoms with Crippen molar-refractivity contribution >= 4 is 44.3 Å². The second-order valence-corrected chi connectivity index (χ2v) is 10.2. The first-order valence-corrected chi connectivity index (χ1v) is 12.3. The fourth-order valence-electron chi connectivity index (χ4n) is 3.28. The predicted octanol–water partition coefficient (Wildman–Crippen LogP) is 5.08. The molecule has 6 nitrogen and oxygen atoms in total. The van der Waals surface area contributed by atoms with Crippen molar-refractivity contribution in [2.24, 2.45) is 5.10 Å². The van der Waals surface area contributed by atoms with Gasteiger partial charge in [-0.25, -0.2) is 13.4 Å². The third-order valence-corrected chi connectivity index (χ3v) is 7.69. The largest absolute Gasteiger partial charge is 0.253 e. The Kier molecular flexibility index (Phi) is 6.48. The van der Waals surface area contributed by atoms with Crippen LogP contribution in [0.25, 0.3) is 11.3 Å². The molecule has 1 saturated heterocycles. The summed E-state index contributed by atoms with van der Waals surface area (Å²) < 4.78 is 27.5. The molecule has 9 heteroatoms. The molecule has 0 atom stereocenters. The van der Waals surface area contributed by atoms with Gasteiger partial charge in [0.1, 0.15) is 0 Å². The van der Waals surface area contributed by atoms with Crippen molar-refractivity contribution in [2.75, 3.05) is 18.5 Å². The van der Waals surface area contributed by atoms with Crippen LogP contribution in [0.2, 0.25) is 5.02 Å². The van der Waals surface area contributed by atoms with E-state index < -0.39 is 10.0 Å². The van der Waals surface area contributed by atoms with Gasteiger partial charge in [0.25, 0.3) is 0 Å². The van der Waals surface area contributed by atoms with E-state index in [0.717, 1.165) is 30.4 Å². The zero-order valence-corrected chi connectivity index (χ0v) is 18.6. The number of aromatic nitrogens is 1. The molecule has 0 saturated carbocycles. The summed E-state index contributed by atoms with van der Waals surface area (Å²) in [5, 5.41) is 7.33. The second kappa shape index (κ2) is 9.26. The monoisotopic (exact) mass is 460 g/mol. The van der Waals surface area contributed by atoms with Crippen molar-refractivity contribution in [2.45, 2.75) is 24.2 Å². The highest BCUT2D eigenvalue weighted by Gasteiger charge is 2.26. The number of hydrazone groups is 1. The van der Waals surface area contributed by atoms with E-state index >= 15 is 0 Å². The summed E-state index contributed by atoms with van der Waals surface area (Å²) in [6.07, 6.45) is 4.57. The zero-order chi connectivity index (χ0) is 21.0. The van der Waals surface area contributed by atoms with E-state index in [2.05, 4.69) is 15.5 Å². The van der Waals surface area contributed by atoms with Crippen molar-refractivity contribution in [3.8, 4) is 11.3 Å². The average Bonchev–Trinajstić information content (AvgIpc) is 3.24. The number of hydrogen-bond donors (Lipinski definition) is 1. The third kappa shape index (κ3) is 4.89. The molecule has 1 aliphatic rings. The molecule has 0 bridgehead atoms. The average molecular weight is 461 g/mol. The summed E-state index contributed by atoms with van der Waals surface area (Å²) in [4.78, 5) is 4.83. The molecule has 1 aliphatic heterocycles. The lowest BCUT2D eigenvalue weighted by Gasteiger charge is -2.26. The van der Waals surface area contributed by atoms with Gasteiger partial charge >= 0.3 is 0 Å². The highest BCUT2D eigenvalue weighted by Crippen LogP contribution is 2.28. The van der Waals surface area contributed by atoms with Gasteiger partial charge < -0.3 is 0 Å². The molecule has 0 spiro atoms. The first-order valence-electron chi connectivity index (χ1n) is 9.63. The van der Waals surface area contributed by atoms with E-state index in [4.69, 9.17) is 11.6 Å². The third-order valence-electron chi connectivity index (χ3n) is 4.81. The van der Waals surface area contributed by atoms with Crippen LogP contribution < -0.4 is 5.43 Å². The van der Waals surface area contributed by atoms with Crippen molar-refractivity contribution in [3.63, 3.8) is 0 Å². The number of rotatable bonds is 6. The normalized spacial score (nSPS) is 15.5. The minimum Gasteiger partial charge on any atom is -0.253 e. The SMILES string of the molecule is O=S(=O)(c1cccc(-c2csc(N/N=C/c3cccc(Cl)c3)n2)c1)N1CCCCC1. The number of sulfonamides is 1. The summed E-state index contributed by atoms with van der Waals surface area (Å²) >= 11 is 7.37. The second-order valence-electron chi connectivity index (χ2n) is 6.96. The predicted molar refractivity (Wildman–Crippen MR) is 123 cm³/mol. The summed E-state index contributed by atoms with van der Waals surface area (Å²) in [5.74, 6) is 0. The van der Waals surface area contributed by atoms with E-state index in [0.29, 0.717) is 33.8 Å². The van der Waals surface area contributed by atoms with Crippen LogP contribution in [0.15, 0.2) is 63.9 Å². The van der Waals surface area contributed by atoms with Crippen LogP contribution in [0.4, 0.5) is 5.13 Å². The molecule has 4 rings (SSSR count). The van der Waals surface area contributed by atoms with Gasteiger partial charge in [-0.2, -0.15) is 9.41 Å². The lowest BCUT2D eigenvalue weighted by molar-refractivity contribution is 0.346. The number of nitrogens with one attached hydrogen (secondary N) is 1. The molecule has 0 radical (unpaired) electrons. The minimum atomic E-state index is -3.48. The fraction of sp³-hybridized carbons (Fsp3) is 0.238. The highest BCUT2D eigenvalue weighted by atomic mass is 35.5. The van der Waals surface area contributed by atoms with Crippen molar-refractivity contribution in [3.05, 3.63) is 64.5 Å². The van der Waals surface area contributed by atoms with E-state index in [9.17, 15) is 8.42 Å². The molecule has 2 heterocycles. The molecule has 0 unspecified atom stereocenters. The van der Waals surface area contributed by atoms with Crippen LogP contribution >= 0.6 is 22.9 Å². The van der Waals surface area contributed by atoms with Crippen LogP contribution in [0.1, 0.15) is 24.8 Å². The number of halogens is 1. The summed E-state index contributed by atoms with van der Waals surface area (Å²) in [6.45, 7) is 1.17. The quantitative estimate of drug-likeness (QED) is 0.411. The molecular formula is C21H21ClN4O2S2. The highest BCUT2D eigenvalue weighted by molar-refractivity contribution is 7.89. The van der Waals surface area contributed by atoms with E-state index in [1.807, 2.05) is 29.6 Å². The molecule has 156 valence electrons. The van der Waals surface area contributed by atoms with Crippen molar-refractivity contribution in [1.82, 2.24) is 9.29 Å². The molecule has 0 aliphatic carbocycles. The van der Waals surface area contributed by atoms with E-state index in [-0.39, 0.29) is 0 Å². The number of hydrogen-bond acceptors (Lipinski definition) is 6. The Bertz CT molecular complexity index is 1160. The van der Waals surface area contributed by atoms with Gasteiger partial charge in [-0.1, -0.05) is 42.3 Å². The maximum atomic E-state index is 12.9. The molecule has 0 amide bonds. The summed E-state index contributed by atoms with van der Waals surface area (Å²) in [7, 11) is -3.48. The van der Waals surface area contributed by atoms with Crippen LogP contribution in [0.5, 0.6) is 0 Å². The number of anilines is 1. The summed E-state index contributed by atoms with van der Waals surface area (Å²) in [5.41, 5.74) is 5.25. The number of nitrogens with zero attached hydrogens (tertiary/aromatic N) is 3. The lowest BCUT2D eigenvalue weighted by Crippen LogP contribution is -2.35. The molecular weight excluding hydrogens is 440 g/mol. The fourth-order valence-corrected chi connectivity index (χ4v) is 5.71. The Hall–Kier alpha value is -2.26. The van der Waals surface area contributed by atoms with Gasteiger partial charge in [0, 0.05) is 29.1 Å². The maximum Gasteiger partial charge on any atom is 0.243 e. The Morgan fingerprint density at radius 1 is 1.10 bits per heavy atom. The molecule has 2 aromatic carbocycles. The van der Waals surface area contributed by atoms with Gasteiger partial charge in [0.05, 0.1) is 16.8 Å². The summed E-state index contributed by atoms with van der Waals surface area (Å²) in [6, 6.07) is 14.3. The standard InChI is InChI=1S/C21H21ClN4O2S2/c22-18-8-4-6-16(12-18)14-23-25-21-24-20(15-29-21)17-7-5-9-19(13-17)30(27,28)26-10-2-1-3-11-26/h4-9,12-15H,1-3,10-11H2,(H,24,25)/b23-14+. The van der Waals surface area contributed by atoms with Crippen molar-refractivity contribution < 1.29 is 8.42 Å². The van der Waals surface area contributed by atoms with Gasteiger partial charge in [-0.3, -0.25) is 5.43 Å². The van der Waals surface area contributed by atoms with Crippen molar-refractivity contribution in [1.29, 1.82) is 0 Å². The van der Waals surface area contributed by atoms with Gasteiger partial charge in [0.15, 0.2) is 0 Å². The maximum absolute atomic E-state index is 12.9. The van der Waals surface area contributed by atoms with Crippen LogP contribution in [0, 0.1) is 0 Å². The van der Waals surface area contributed by atoms with Gasteiger partial charge in [-0.15, -0.1) is 11.3 Å². The minimum absolute atomic E-state index is 0.309. The van der Waals surface area contributed by atoms with Gasteiger partial charge in [-0.05, 0) is 42.7 Å². The molecule has 3 aromatic rings. The van der Waals surface area contributed by atoms with Crippen LogP contribution in [-0.4, -0.2) is 37.0 Å². The lowest BCUT2D eigenvalue weighted by atomic mass is 10.2. The van der Waals surface area contributed by atoms with Crippen LogP contribution in [0.3, 0.4) is 0 Å². The Morgan fingerprint density at radius 2 is 1.90 bits per heavy atom. The Labute approximate surface area is 185 Å². The molecule has 1 N–H and O–H groups in total. The van der Waals surface area contributed by atoms with Crippen LogP contribution in [-0.2, 0) is 10.0 Å². The Morgan fingerprint density at radius 3 is 2.70 bits per heavy atom. The zero-order valence-electron chi connectivity index (χ0n) is 16.2. The Balaban J connectivity index is 1.49. The number of thiazole rings is 1. The van der Waals surface area contributed by atoms with Gasteiger partial charge in [0.2, 0.25) is 15.2 Å². The number of piperidine rings is 1. The first kappa shape index (κ1) is 21.0. The molecule has 1 fully saturated rings. The van der Waals surface area contributed by atoms with E-state index in [1.54, 1.807) is 34.8 Å². The molecule has 1 aromatic heterocycles. The number of benzene rings is 2. The topological polar surface area (TPSA) is 74.7 Å². The smallest absolute Gasteiger partial charge is 0.243 e.